The molecule has 0 aliphatic heterocycles. The molecule has 3 heterocycles. The van der Waals surface area contributed by atoms with Crippen molar-refractivity contribution >= 4 is 60.7 Å². The number of hydrogen-bond donors (Lipinski definition) is 0. The zero-order chi connectivity index (χ0) is 60.8. The maximum Gasteiger partial charge on any atom is 0.187 e. The monoisotopic (exact) mass is 1140 g/mol. The molecule has 0 saturated carbocycles. The molecule has 12 aromatic carbocycles. The maximum absolute atomic E-state index is 11.8. The van der Waals surface area contributed by atoms with Crippen LogP contribution < -0.4 is 0 Å². The molecule has 0 unspecified atom stereocenters. The fourth-order valence-electron chi connectivity index (χ4n) is 12.3. The van der Waals surface area contributed by atoms with E-state index in [0.717, 1.165) is 116 Å². The molecule has 0 saturated heterocycles. The van der Waals surface area contributed by atoms with Crippen LogP contribution in [0.2, 0.25) is 0 Å². The van der Waals surface area contributed by atoms with Gasteiger partial charge >= 0.3 is 0 Å². The molecule has 90 heavy (non-hydrogen) atoms. The Kier molecular flexibility index (Phi) is 13.2. The van der Waals surface area contributed by atoms with Crippen LogP contribution in [0.15, 0.2) is 267 Å². The third-order valence-corrected chi connectivity index (χ3v) is 16.8. The summed E-state index contributed by atoms with van der Waals surface area (Å²) in [5.41, 5.74) is 19.5. The summed E-state index contributed by atoms with van der Waals surface area (Å²) in [7, 11) is 0. The average molecular weight is 1150 g/mol. The van der Waals surface area contributed by atoms with Crippen LogP contribution in [0.1, 0.15) is 11.1 Å². The van der Waals surface area contributed by atoms with Gasteiger partial charge in [0.2, 0.25) is 0 Å². The molecule has 0 amide bonds. The third kappa shape index (κ3) is 9.41. The van der Waals surface area contributed by atoms with E-state index < -0.39 is 0 Å². The van der Waals surface area contributed by atoms with Crippen molar-refractivity contribution in [2.24, 2.45) is 0 Å². The fraction of sp³-hybridized carbons (Fsp3) is 0. The van der Waals surface area contributed by atoms with Gasteiger partial charge in [-0.2, -0.15) is 10.5 Å². The Morgan fingerprint density at radius 3 is 1.04 bits per heavy atom. The number of benzene rings is 12. The van der Waals surface area contributed by atoms with Crippen molar-refractivity contribution in [2.75, 3.05) is 0 Å². The summed E-state index contributed by atoms with van der Waals surface area (Å²) in [5.74, 6) is 1.48. The van der Waals surface area contributed by atoms with Crippen LogP contribution in [0.5, 0.6) is 0 Å². The average Bonchev–Trinajstić information content (AvgIpc) is 1.73. The number of rotatable bonds is 10. The summed E-state index contributed by atoms with van der Waals surface area (Å²) in [6.07, 6.45) is 0. The molecule has 414 valence electrons. The van der Waals surface area contributed by atoms with E-state index in [1.807, 2.05) is 176 Å². The van der Waals surface area contributed by atoms with Gasteiger partial charge in [0, 0.05) is 43.8 Å². The lowest BCUT2D eigenvalue weighted by atomic mass is 9.96. The lowest BCUT2D eigenvalue weighted by molar-refractivity contribution is 1.06. The number of nitrogens with zero attached hydrogens (tertiary/aromatic N) is 10. The van der Waals surface area contributed by atoms with E-state index in [1.54, 1.807) is 0 Å². The van der Waals surface area contributed by atoms with E-state index in [2.05, 4.69) is 127 Å². The summed E-state index contributed by atoms with van der Waals surface area (Å²) in [5, 5.41) is 25.3. The predicted molar refractivity (Wildman–Crippen MR) is 360 cm³/mol. The number of aromatic nitrogens is 5. The summed E-state index contributed by atoms with van der Waals surface area (Å²) in [6.45, 7) is 22.9. The predicted octanol–water partition coefficient (Wildman–Crippen LogP) is 20.8. The number of hydrogen-bond acceptors (Lipinski definition) is 5. The smallest absolute Gasteiger partial charge is 0.187 e. The molecule has 0 fully saturated rings. The molecule has 3 aromatic heterocycles. The zero-order valence-corrected chi connectivity index (χ0v) is 47.9. The lowest BCUT2D eigenvalue weighted by Gasteiger charge is -2.18. The second-order valence-corrected chi connectivity index (χ2v) is 21.8. The third-order valence-electron chi connectivity index (χ3n) is 16.8. The molecule has 0 aliphatic rings. The Bertz CT molecular complexity index is 5330. The van der Waals surface area contributed by atoms with Gasteiger partial charge in [0.1, 0.15) is 6.07 Å². The lowest BCUT2D eigenvalue weighted by Crippen LogP contribution is -2.04. The normalized spacial score (nSPS) is 11.1. The van der Waals surface area contributed by atoms with Crippen molar-refractivity contribution in [1.82, 2.24) is 24.1 Å². The summed E-state index contributed by atoms with van der Waals surface area (Å²) >= 11 is 0. The molecule has 10 heteroatoms. The van der Waals surface area contributed by atoms with Gasteiger partial charge in [0.05, 0.1) is 70.4 Å². The van der Waals surface area contributed by atoms with Crippen LogP contribution in [0.3, 0.4) is 0 Å². The molecule has 0 bridgehead atoms. The Labute approximate surface area is 518 Å². The van der Waals surface area contributed by atoms with Gasteiger partial charge in [-0.3, -0.25) is 0 Å². The minimum absolute atomic E-state index is 0.453. The van der Waals surface area contributed by atoms with E-state index >= 15 is 0 Å². The van der Waals surface area contributed by atoms with Gasteiger partial charge in [-0.05, 0) is 129 Å². The van der Waals surface area contributed by atoms with Crippen molar-refractivity contribution in [3.63, 3.8) is 0 Å². The molecule has 0 aliphatic carbocycles. The van der Waals surface area contributed by atoms with E-state index in [1.165, 1.54) is 0 Å². The molecule has 0 radical (unpaired) electrons. The van der Waals surface area contributed by atoms with Gasteiger partial charge in [0.25, 0.3) is 0 Å². The van der Waals surface area contributed by atoms with Crippen LogP contribution in [0.25, 0.3) is 159 Å². The Hall–Kier alpha value is -13.3. The van der Waals surface area contributed by atoms with Gasteiger partial charge < -0.3 is 9.13 Å². The second kappa shape index (κ2) is 22.3. The van der Waals surface area contributed by atoms with Crippen molar-refractivity contribution in [2.45, 2.75) is 0 Å². The Morgan fingerprint density at radius 2 is 0.656 bits per heavy atom. The molecule has 15 aromatic rings. The molecule has 0 N–H and O–H groups in total. The van der Waals surface area contributed by atoms with Crippen LogP contribution in [-0.2, 0) is 0 Å². The van der Waals surface area contributed by atoms with Gasteiger partial charge in [-0.15, -0.1) is 0 Å². The highest BCUT2D eigenvalue weighted by atomic mass is 15.1. The topological polar surface area (TPSA) is 109 Å². The molecule has 15 rings (SSSR count). The van der Waals surface area contributed by atoms with Crippen molar-refractivity contribution in [3.05, 3.63) is 312 Å². The molecule has 0 atom stereocenters. The van der Waals surface area contributed by atoms with Gasteiger partial charge in [0.15, 0.2) is 34.5 Å². The largest absolute Gasteiger partial charge is 0.308 e. The first kappa shape index (κ1) is 53.4. The van der Waals surface area contributed by atoms with Crippen molar-refractivity contribution in [1.29, 1.82) is 10.5 Å². The minimum Gasteiger partial charge on any atom is -0.308 e. The van der Waals surface area contributed by atoms with Crippen molar-refractivity contribution < 1.29 is 0 Å². The standard InChI is InChI=1S/C80H44N10/c1-83-62-32-21-52(22-33-62)58-29-40-74-68(44-58)67-43-57(51-19-17-50(48-81)18-20-51)28-39-73(67)89(74)72-16-10-15-65(71(72)49-82)61-27-38-66(80-87-78(55-11-6-4-7-12-55)86-79(88-80)56-13-8-5-9-14-56)77(47-61)90-75-41-30-59(53-23-34-63(84-2)35-24-53)45-69(75)70-46-60(31-42-76(70)90)54-25-36-64(85-3)37-26-54/h4-47H. The highest BCUT2D eigenvalue weighted by Gasteiger charge is 2.24. The molecule has 0 spiro atoms. The zero-order valence-electron chi connectivity index (χ0n) is 47.9. The molecular weight excluding hydrogens is 1100 g/mol. The van der Waals surface area contributed by atoms with Gasteiger partial charge in [-0.25, -0.2) is 29.5 Å². The molecular formula is C80H44N10. The van der Waals surface area contributed by atoms with Crippen LogP contribution in [-0.4, -0.2) is 24.1 Å². The van der Waals surface area contributed by atoms with Gasteiger partial charge in [-0.1, -0.05) is 188 Å². The van der Waals surface area contributed by atoms with E-state index in [9.17, 15) is 10.5 Å². The van der Waals surface area contributed by atoms with E-state index in [4.69, 9.17) is 34.7 Å². The number of fused-ring (bicyclic) bond motifs is 6. The molecule has 10 nitrogen and oxygen atoms in total. The minimum atomic E-state index is 0.453. The Morgan fingerprint density at radius 1 is 0.289 bits per heavy atom. The first-order chi connectivity index (χ1) is 44.3. The highest BCUT2D eigenvalue weighted by molar-refractivity contribution is 6.14. The highest BCUT2D eigenvalue weighted by Crippen LogP contribution is 2.44. The fourth-order valence-corrected chi connectivity index (χ4v) is 12.3. The number of nitriles is 2. The SMILES string of the molecule is [C-]#[N+]c1ccc(-c2ccc3c(c2)c2cc(-c4ccc([N+]#[C-])cc4)ccc2n3-c2cc(-c3cccc(-n4c5ccc(-c6ccc(C#N)cc6)cc5c5cc(-c6ccc([N+]#[C-])cc6)ccc54)c3C#N)ccc2-c2nc(-c3ccccc3)nc(-c3ccccc3)n2)cc1. The summed E-state index contributed by atoms with van der Waals surface area (Å²) in [4.78, 5) is 26.7. The second-order valence-electron chi connectivity index (χ2n) is 21.8. The summed E-state index contributed by atoms with van der Waals surface area (Å²) < 4.78 is 4.46. The quantitative estimate of drug-likeness (QED) is 0.127. The summed E-state index contributed by atoms with van der Waals surface area (Å²) in [6, 6.07) is 93.4. The first-order valence-electron chi connectivity index (χ1n) is 29.0. The van der Waals surface area contributed by atoms with E-state index in [-0.39, 0.29) is 0 Å². The Balaban J connectivity index is 0.981. The van der Waals surface area contributed by atoms with Crippen LogP contribution >= 0.6 is 0 Å². The van der Waals surface area contributed by atoms with E-state index in [0.29, 0.717) is 56.9 Å². The first-order valence-corrected chi connectivity index (χ1v) is 29.0. The van der Waals surface area contributed by atoms with Crippen molar-refractivity contribution in [3.8, 4) is 113 Å². The van der Waals surface area contributed by atoms with Crippen LogP contribution in [0.4, 0.5) is 17.1 Å². The maximum atomic E-state index is 11.8. The van der Waals surface area contributed by atoms with Crippen LogP contribution in [0, 0.1) is 42.4 Å².